The van der Waals surface area contributed by atoms with Crippen LogP contribution in [0.5, 0.6) is 0 Å². The fourth-order valence-corrected chi connectivity index (χ4v) is 12.4. The number of rotatable bonds is 15. The Hall–Kier alpha value is -3.15. The molecule has 1 nitrogen and oxygen atoms in total. The quantitative estimate of drug-likeness (QED) is 0.103. The van der Waals surface area contributed by atoms with Gasteiger partial charge in [0.2, 0.25) is 0 Å². The van der Waals surface area contributed by atoms with E-state index in [1.54, 1.807) is 5.30 Å². The van der Waals surface area contributed by atoms with E-state index in [2.05, 4.69) is 154 Å². The molecule has 2 heteroatoms. The van der Waals surface area contributed by atoms with Gasteiger partial charge in [-0.2, -0.15) is 0 Å². The van der Waals surface area contributed by atoms with Crippen LogP contribution >= 0.6 is 6.60 Å². The summed E-state index contributed by atoms with van der Waals surface area (Å²) < 4.78 is 0. The van der Waals surface area contributed by atoms with E-state index in [0.29, 0.717) is 0 Å². The van der Waals surface area contributed by atoms with Gasteiger partial charge in [0.1, 0.15) is 0 Å². The first kappa shape index (κ1) is 30.8. The minimum atomic E-state index is -1.95. The third-order valence-electron chi connectivity index (χ3n) is 8.84. The number of para-hydroxylation sites is 2. The Kier molecular flexibility index (Phi) is 11.0. The van der Waals surface area contributed by atoms with Crippen molar-refractivity contribution in [3.63, 3.8) is 0 Å². The van der Waals surface area contributed by atoms with E-state index in [9.17, 15) is 0 Å². The SMILES string of the molecule is CCCCP(C)(CCCC)(CCCC)c1ccc(C=Cc2ccc(N(c3ccccc3)c3ccccc3)cc2)cc1. The minimum absolute atomic E-state index is 1.16. The van der Waals surface area contributed by atoms with Gasteiger partial charge in [-0.15, -0.1) is 0 Å². The summed E-state index contributed by atoms with van der Waals surface area (Å²) in [5, 5.41) is 1.66. The average Bonchev–Trinajstić information content (AvgIpc) is 3.03. The van der Waals surface area contributed by atoms with E-state index in [-0.39, 0.29) is 0 Å². The molecule has 0 spiro atoms. The number of hydrogen-bond donors (Lipinski definition) is 0. The van der Waals surface area contributed by atoms with Crippen molar-refractivity contribution in [1.82, 2.24) is 0 Å². The Balaban J connectivity index is 1.55. The summed E-state index contributed by atoms with van der Waals surface area (Å²) in [6, 6.07) is 39.7. The van der Waals surface area contributed by atoms with Gasteiger partial charge in [-0.1, -0.05) is 36.4 Å². The maximum atomic E-state index is 2.72. The van der Waals surface area contributed by atoms with Crippen molar-refractivity contribution < 1.29 is 0 Å². The molecule has 216 valence electrons. The van der Waals surface area contributed by atoms with E-state index in [0.717, 1.165) is 17.1 Å². The van der Waals surface area contributed by atoms with Crippen molar-refractivity contribution in [3.05, 3.63) is 120 Å². The predicted molar refractivity (Wildman–Crippen MR) is 188 cm³/mol. The van der Waals surface area contributed by atoms with Crippen LogP contribution in [0.1, 0.15) is 70.4 Å². The molecule has 0 radical (unpaired) electrons. The molecule has 0 saturated carbocycles. The van der Waals surface area contributed by atoms with Crippen LogP contribution in [0, 0.1) is 0 Å². The van der Waals surface area contributed by atoms with Crippen molar-refractivity contribution in [2.45, 2.75) is 59.3 Å². The maximum absolute atomic E-state index is 2.72. The van der Waals surface area contributed by atoms with Gasteiger partial charge in [-0.05, 0) is 24.3 Å². The summed E-state index contributed by atoms with van der Waals surface area (Å²) in [5.41, 5.74) is 5.96. The molecule has 0 bridgehead atoms. The zero-order valence-electron chi connectivity index (χ0n) is 25.8. The van der Waals surface area contributed by atoms with Crippen molar-refractivity contribution in [1.29, 1.82) is 0 Å². The standard InChI is InChI=1S/C39H50NP/c1-5-8-31-41(4,32-9-6-2,33-10-7-3)39-29-25-35(26-30-39)22-21-34-23-27-38(28-24-34)40(36-17-13-11-14-18-36)37-19-15-12-16-20-37/h11-30H,5-10,31-33H2,1-4H3. The zero-order valence-corrected chi connectivity index (χ0v) is 26.7. The van der Waals surface area contributed by atoms with Crippen molar-refractivity contribution in [2.24, 2.45) is 0 Å². The van der Waals surface area contributed by atoms with Gasteiger partial charge in [0.15, 0.2) is 0 Å². The summed E-state index contributed by atoms with van der Waals surface area (Å²) in [6.07, 6.45) is 16.7. The molecule has 0 fully saturated rings. The molecular weight excluding hydrogens is 513 g/mol. The van der Waals surface area contributed by atoms with Gasteiger partial charge < -0.3 is 0 Å². The average molecular weight is 564 g/mol. The summed E-state index contributed by atoms with van der Waals surface area (Å²) in [5.74, 6) is 0. The molecule has 4 rings (SSSR count). The molecule has 0 unspecified atom stereocenters. The molecule has 0 atom stereocenters. The van der Waals surface area contributed by atoms with Crippen LogP contribution in [-0.4, -0.2) is 25.2 Å². The van der Waals surface area contributed by atoms with Crippen LogP contribution < -0.4 is 10.2 Å². The molecule has 4 aromatic carbocycles. The van der Waals surface area contributed by atoms with Gasteiger partial charge in [-0.25, -0.2) is 0 Å². The van der Waals surface area contributed by atoms with E-state index in [1.807, 2.05) is 0 Å². The molecule has 0 amide bonds. The number of nitrogens with zero attached hydrogens (tertiary/aromatic N) is 1. The number of anilines is 3. The van der Waals surface area contributed by atoms with Gasteiger partial charge in [-0.3, -0.25) is 0 Å². The molecule has 0 saturated heterocycles. The Bertz CT molecular complexity index is 1280. The second-order valence-electron chi connectivity index (χ2n) is 12.1. The van der Waals surface area contributed by atoms with Crippen LogP contribution in [0.2, 0.25) is 0 Å². The number of hydrogen-bond acceptors (Lipinski definition) is 1. The Labute approximate surface area is 250 Å². The Morgan fingerprint density at radius 1 is 0.488 bits per heavy atom. The van der Waals surface area contributed by atoms with Crippen LogP contribution in [0.15, 0.2) is 109 Å². The normalized spacial score (nSPS) is 12.7. The number of benzene rings is 4. The molecule has 0 aliphatic rings. The predicted octanol–water partition coefficient (Wildman–Crippen LogP) is 11.5. The van der Waals surface area contributed by atoms with Crippen molar-refractivity contribution in [2.75, 3.05) is 30.1 Å². The van der Waals surface area contributed by atoms with E-state index in [1.165, 1.54) is 68.1 Å². The second-order valence-corrected chi connectivity index (χ2v) is 18.6. The summed E-state index contributed by atoms with van der Waals surface area (Å²) in [7, 11) is 0. The van der Waals surface area contributed by atoms with Gasteiger partial charge >= 0.3 is 190 Å². The third kappa shape index (κ3) is 7.78. The zero-order chi connectivity index (χ0) is 29.0. The fraction of sp³-hybridized carbons (Fsp3) is 0.333. The van der Waals surface area contributed by atoms with E-state index < -0.39 is 6.60 Å². The molecule has 0 aliphatic carbocycles. The molecule has 41 heavy (non-hydrogen) atoms. The van der Waals surface area contributed by atoms with E-state index >= 15 is 0 Å². The molecular formula is C39H50NP. The molecule has 0 aromatic heterocycles. The Morgan fingerprint density at radius 2 is 0.854 bits per heavy atom. The van der Waals surface area contributed by atoms with Gasteiger partial charge in [0.25, 0.3) is 0 Å². The van der Waals surface area contributed by atoms with Crippen molar-refractivity contribution in [3.8, 4) is 0 Å². The summed E-state index contributed by atoms with van der Waals surface area (Å²) in [6.45, 7) is 7.82. The topological polar surface area (TPSA) is 3.24 Å². The first-order chi connectivity index (χ1) is 20.0. The second kappa shape index (κ2) is 14.7. The monoisotopic (exact) mass is 563 g/mol. The van der Waals surface area contributed by atoms with E-state index in [4.69, 9.17) is 0 Å². The first-order valence-corrected chi connectivity index (χ1v) is 19.0. The first-order valence-electron chi connectivity index (χ1n) is 15.8. The van der Waals surface area contributed by atoms with Gasteiger partial charge in [0, 0.05) is 0 Å². The molecule has 4 aromatic rings. The Morgan fingerprint density at radius 3 is 1.24 bits per heavy atom. The number of unbranched alkanes of at least 4 members (excludes halogenated alkanes) is 3. The van der Waals surface area contributed by atoms with Crippen LogP contribution in [0.4, 0.5) is 17.1 Å². The molecule has 0 N–H and O–H groups in total. The van der Waals surface area contributed by atoms with Crippen LogP contribution in [0.25, 0.3) is 12.2 Å². The molecule has 0 aliphatic heterocycles. The molecule has 0 heterocycles. The fourth-order valence-electron chi connectivity index (χ4n) is 6.16. The van der Waals surface area contributed by atoms with Crippen LogP contribution in [0.3, 0.4) is 0 Å². The van der Waals surface area contributed by atoms with Gasteiger partial charge in [0.05, 0.1) is 0 Å². The summed E-state index contributed by atoms with van der Waals surface area (Å²) in [4.78, 5) is 2.30. The van der Waals surface area contributed by atoms with Crippen LogP contribution in [-0.2, 0) is 0 Å². The summed E-state index contributed by atoms with van der Waals surface area (Å²) >= 11 is 0. The van der Waals surface area contributed by atoms with Crippen molar-refractivity contribution >= 4 is 41.1 Å². The third-order valence-corrected chi connectivity index (χ3v) is 15.6.